The number of rotatable bonds is 5. The third-order valence-corrected chi connectivity index (χ3v) is 8.09. The molecule has 2 aliphatic heterocycles. The van der Waals surface area contributed by atoms with Crippen LogP contribution in [0.2, 0.25) is 0 Å². The Hall–Kier alpha value is -3.08. The summed E-state index contributed by atoms with van der Waals surface area (Å²) in [6.45, 7) is 2.23. The highest BCUT2D eigenvalue weighted by Crippen LogP contribution is 2.46. The van der Waals surface area contributed by atoms with Crippen LogP contribution in [0, 0.1) is 0 Å². The molecule has 0 bridgehead atoms. The van der Waals surface area contributed by atoms with Gasteiger partial charge in [0.25, 0.3) is 5.91 Å². The number of sulfone groups is 1. The fourth-order valence-corrected chi connectivity index (χ4v) is 6.02. The fraction of sp³-hybridized carbons (Fsp3) is 0.435. The van der Waals surface area contributed by atoms with Crippen molar-refractivity contribution in [1.82, 2.24) is 10.3 Å². The summed E-state index contributed by atoms with van der Waals surface area (Å²) in [6.07, 6.45) is 3.16. The first-order valence-corrected chi connectivity index (χ1v) is 12.6. The van der Waals surface area contributed by atoms with E-state index in [1.54, 1.807) is 32.0 Å². The van der Waals surface area contributed by atoms with Gasteiger partial charge in [-0.15, -0.1) is 0 Å². The Balaban J connectivity index is 1.63. The zero-order valence-corrected chi connectivity index (χ0v) is 19.8. The van der Waals surface area contributed by atoms with E-state index in [2.05, 4.69) is 15.0 Å². The van der Waals surface area contributed by atoms with Gasteiger partial charge >= 0.3 is 6.61 Å². The number of benzene rings is 1. The minimum Gasteiger partial charge on any atom is -0.433 e. The number of nitrogens with one attached hydrogen (secondary N) is 1. The minimum atomic E-state index is -3.08. The summed E-state index contributed by atoms with van der Waals surface area (Å²) in [7, 11) is -3.08. The number of amides is 2. The molecule has 0 unspecified atom stereocenters. The van der Waals surface area contributed by atoms with Gasteiger partial charge in [0.15, 0.2) is 0 Å². The van der Waals surface area contributed by atoms with E-state index < -0.39 is 27.4 Å². The average Bonchev–Trinajstić information content (AvgIpc) is 2.95. The summed E-state index contributed by atoms with van der Waals surface area (Å²) < 4.78 is 53.2. The lowest BCUT2D eigenvalue weighted by atomic mass is 9.85. The van der Waals surface area contributed by atoms with Crippen LogP contribution in [-0.2, 0) is 20.0 Å². The van der Waals surface area contributed by atoms with Gasteiger partial charge in [-0.25, -0.2) is 8.42 Å². The van der Waals surface area contributed by atoms with E-state index in [1.165, 1.54) is 17.2 Å². The maximum Gasteiger partial charge on any atom is 0.387 e. The maximum absolute atomic E-state index is 13.3. The Morgan fingerprint density at radius 3 is 2.47 bits per heavy atom. The lowest BCUT2D eigenvalue weighted by Crippen LogP contribution is -2.50. The number of ether oxygens (including phenoxy) is 1. The molecule has 1 N–H and O–H groups in total. The lowest BCUT2D eigenvalue weighted by molar-refractivity contribution is -0.121. The van der Waals surface area contributed by atoms with Crippen LogP contribution >= 0.6 is 0 Å². The van der Waals surface area contributed by atoms with Gasteiger partial charge < -0.3 is 10.1 Å². The molecule has 2 amide bonds. The molecular formula is C23H25F2N3O5S. The van der Waals surface area contributed by atoms with E-state index in [1.807, 2.05) is 6.92 Å². The first-order chi connectivity index (χ1) is 15.8. The van der Waals surface area contributed by atoms with Crippen molar-refractivity contribution in [3.8, 4) is 5.75 Å². The number of alkyl halides is 2. The van der Waals surface area contributed by atoms with Gasteiger partial charge in [-0.2, -0.15) is 8.78 Å². The predicted octanol–water partition coefficient (Wildman–Crippen LogP) is 3.34. The van der Waals surface area contributed by atoms with E-state index in [0.29, 0.717) is 29.7 Å². The average molecular weight is 494 g/mol. The molecule has 0 aliphatic carbocycles. The van der Waals surface area contributed by atoms with E-state index in [0.717, 1.165) is 6.20 Å². The number of anilines is 2. The van der Waals surface area contributed by atoms with Crippen molar-refractivity contribution in [2.75, 3.05) is 16.4 Å². The monoisotopic (exact) mass is 493 g/mol. The summed E-state index contributed by atoms with van der Waals surface area (Å²) >= 11 is 0. The largest absolute Gasteiger partial charge is 0.433 e. The number of aromatic nitrogens is 1. The molecule has 0 spiro atoms. The van der Waals surface area contributed by atoms with Crippen LogP contribution in [-0.4, -0.2) is 48.9 Å². The standard InChI is InChI=1S/C23H25F2N3O5S/c1-22(2)17-10-14(19(29)27-23(3)6-8-34(31,32)9-7-23)4-5-18(17)28(20(22)30)15-11-16(13-26-12-15)33-21(24)25/h4-5,10-13,21H,6-9H2,1-3H3,(H,27,29). The van der Waals surface area contributed by atoms with Crippen LogP contribution in [0.4, 0.5) is 20.2 Å². The van der Waals surface area contributed by atoms with Crippen LogP contribution in [0.15, 0.2) is 36.7 Å². The first kappa shape index (κ1) is 24.1. The van der Waals surface area contributed by atoms with Gasteiger partial charge in [-0.3, -0.25) is 19.5 Å². The summed E-state index contributed by atoms with van der Waals surface area (Å²) in [5, 5.41) is 2.95. The van der Waals surface area contributed by atoms with E-state index in [-0.39, 0.29) is 34.8 Å². The predicted molar refractivity (Wildman–Crippen MR) is 121 cm³/mol. The van der Waals surface area contributed by atoms with Crippen LogP contribution < -0.4 is 15.0 Å². The van der Waals surface area contributed by atoms with Crippen LogP contribution in [0.1, 0.15) is 49.5 Å². The zero-order valence-electron chi connectivity index (χ0n) is 19.0. The van der Waals surface area contributed by atoms with Gasteiger partial charge in [0.1, 0.15) is 15.6 Å². The Morgan fingerprint density at radius 2 is 1.82 bits per heavy atom. The van der Waals surface area contributed by atoms with Crippen molar-refractivity contribution >= 4 is 33.0 Å². The minimum absolute atomic E-state index is 0.0207. The normalized spacial score (nSPS) is 20.2. The second kappa shape index (κ2) is 8.30. The van der Waals surface area contributed by atoms with Crippen molar-refractivity contribution < 1.29 is 31.5 Å². The van der Waals surface area contributed by atoms with E-state index >= 15 is 0 Å². The molecule has 1 aromatic heterocycles. The Kier molecular flexibility index (Phi) is 5.87. The van der Waals surface area contributed by atoms with Crippen molar-refractivity contribution in [2.24, 2.45) is 0 Å². The number of carbonyl (C=O) groups is 2. The molecule has 2 aliphatic rings. The smallest absolute Gasteiger partial charge is 0.387 e. The number of hydrogen-bond acceptors (Lipinski definition) is 6. The number of nitrogens with zero attached hydrogens (tertiary/aromatic N) is 2. The van der Waals surface area contributed by atoms with Crippen LogP contribution in [0.3, 0.4) is 0 Å². The lowest BCUT2D eigenvalue weighted by Gasteiger charge is -2.34. The van der Waals surface area contributed by atoms with Gasteiger partial charge in [0.05, 0.1) is 40.7 Å². The second-order valence-electron chi connectivity index (χ2n) is 9.42. The summed E-state index contributed by atoms with van der Waals surface area (Å²) in [5.74, 6) is -0.800. The van der Waals surface area contributed by atoms with Crippen molar-refractivity contribution in [3.05, 3.63) is 47.8 Å². The van der Waals surface area contributed by atoms with Crippen LogP contribution in [0.25, 0.3) is 0 Å². The molecule has 0 saturated carbocycles. The molecule has 3 heterocycles. The maximum atomic E-state index is 13.3. The molecule has 0 atom stereocenters. The van der Waals surface area contributed by atoms with Gasteiger partial charge in [-0.05, 0) is 57.4 Å². The SMILES string of the molecule is CC1(NC(=O)c2ccc3c(c2)C(C)(C)C(=O)N3c2cncc(OC(F)F)c2)CCS(=O)(=O)CC1. The number of pyridine rings is 1. The molecule has 8 nitrogen and oxygen atoms in total. The molecule has 182 valence electrons. The highest BCUT2D eigenvalue weighted by molar-refractivity contribution is 7.91. The van der Waals surface area contributed by atoms with E-state index in [4.69, 9.17) is 0 Å². The topological polar surface area (TPSA) is 106 Å². The van der Waals surface area contributed by atoms with Crippen molar-refractivity contribution in [1.29, 1.82) is 0 Å². The Morgan fingerprint density at radius 1 is 1.15 bits per heavy atom. The molecule has 34 heavy (non-hydrogen) atoms. The summed E-state index contributed by atoms with van der Waals surface area (Å²) in [4.78, 5) is 31.6. The quantitative estimate of drug-likeness (QED) is 0.685. The van der Waals surface area contributed by atoms with E-state index in [9.17, 15) is 26.8 Å². The molecule has 1 saturated heterocycles. The van der Waals surface area contributed by atoms with Crippen molar-refractivity contribution in [2.45, 2.75) is 51.2 Å². The van der Waals surface area contributed by atoms with Crippen molar-refractivity contribution in [3.63, 3.8) is 0 Å². The number of hydrogen-bond donors (Lipinski definition) is 1. The fourth-order valence-electron chi connectivity index (χ4n) is 4.29. The highest BCUT2D eigenvalue weighted by atomic mass is 32.2. The van der Waals surface area contributed by atoms with Gasteiger partial charge in [0, 0.05) is 17.2 Å². The molecule has 4 rings (SSSR count). The number of halogens is 2. The number of carbonyl (C=O) groups excluding carboxylic acids is 2. The highest BCUT2D eigenvalue weighted by Gasteiger charge is 2.45. The second-order valence-corrected chi connectivity index (χ2v) is 11.7. The third kappa shape index (κ3) is 4.48. The van der Waals surface area contributed by atoms with Gasteiger partial charge in [0.2, 0.25) is 5.91 Å². The Bertz CT molecular complexity index is 1250. The molecule has 2 aromatic rings. The molecule has 0 radical (unpaired) electrons. The van der Waals surface area contributed by atoms with Gasteiger partial charge in [-0.1, -0.05) is 0 Å². The van der Waals surface area contributed by atoms with Crippen LogP contribution in [0.5, 0.6) is 5.75 Å². The molecule has 1 aromatic carbocycles. The molecular weight excluding hydrogens is 468 g/mol. The molecule has 1 fully saturated rings. The Labute approximate surface area is 196 Å². The number of fused-ring (bicyclic) bond motifs is 1. The summed E-state index contributed by atoms with van der Waals surface area (Å²) in [6, 6.07) is 6.15. The third-order valence-electron chi connectivity index (χ3n) is 6.44. The first-order valence-electron chi connectivity index (χ1n) is 10.7. The molecule has 11 heteroatoms. The summed E-state index contributed by atoms with van der Waals surface area (Å²) in [5.41, 5.74) is 0.0789. The zero-order chi connectivity index (χ0) is 24.9.